The second kappa shape index (κ2) is 5.30. The highest BCUT2D eigenvalue weighted by Gasteiger charge is 2.13. The average molecular weight is 223 g/mol. The van der Waals surface area contributed by atoms with Crippen LogP contribution in [0.4, 0.5) is 4.39 Å². The van der Waals surface area contributed by atoms with Crippen molar-refractivity contribution >= 4 is 0 Å². The van der Waals surface area contributed by atoms with Crippen molar-refractivity contribution in [2.24, 2.45) is 0 Å². The summed E-state index contributed by atoms with van der Waals surface area (Å²) in [6.45, 7) is 3.84. The highest BCUT2D eigenvalue weighted by atomic mass is 19.1. The Bertz CT molecular complexity index is 346. The summed E-state index contributed by atoms with van der Waals surface area (Å²) < 4.78 is 18.9. The average Bonchev–Trinajstić information content (AvgIpc) is 2.52. The summed E-state index contributed by atoms with van der Waals surface area (Å²) in [4.78, 5) is 0. The van der Waals surface area contributed by atoms with Gasteiger partial charge in [0, 0.05) is 0 Å². The Kier molecular flexibility index (Phi) is 3.78. The van der Waals surface area contributed by atoms with Crippen molar-refractivity contribution in [3.8, 4) is 5.75 Å². The minimum absolute atomic E-state index is 0.171. The van der Waals surface area contributed by atoms with E-state index in [1.165, 1.54) is 6.07 Å². The molecule has 1 unspecified atom stereocenters. The van der Waals surface area contributed by atoms with E-state index in [1.54, 1.807) is 19.1 Å². The van der Waals surface area contributed by atoms with Crippen molar-refractivity contribution in [3.05, 3.63) is 29.6 Å². The van der Waals surface area contributed by atoms with Crippen LogP contribution < -0.4 is 10.1 Å². The number of aryl methyl sites for hydroxylation is 1. The van der Waals surface area contributed by atoms with E-state index >= 15 is 0 Å². The Morgan fingerprint density at radius 2 is 2.19 bits per heavy atom. The number of hydrogen-bond donors (Lipinski definition) is 1. The molecule has 88 valence electrons. The van der Waals surface area contributed by atoms with Crippen LogP contribution in [0.25, 0.3) is 0 Å². The van der Waals surface area contributed by atoms with Gasteiger partial charge in [-0.05, 0) is 63.0 Å². The van der Waals surface area contributed by atoms with Crippen LogP contribution in [0.3, 0.4) is 0 Å². The molecule has 1 aromatic rings. The minimum atomic E-state index is -0.171. The van der Waals surface area contributed by atoms with Crippen molar-refractivity contribution in [3.63, 3.8) is 0 Å². The molecule has 2 rings (SSSR count). The van der Waals surface area contributed by atoms with Gasteiger partial charge in [0.15, 0.2) is 0 Å². The Morgan fingerprint density at radius 1 is 1.31 bits per heavy atom. The lowest BCUT2D eigenvalue weighted by Gasteiger charge is -2.17. The van der Waals surface area contributed by atoms with E-state index in [0.29, 0.717) is 5.56 Å². The van der Waals surface area contributed by atoms with Gasteiger partial charge >= 0.3 is 0 Å². The highest BCUT2D eigenvalue weighted by molar-refractivity contribution is 5.29. The minimum Gasteiger partial charge on any atom is -0.490 e. The lowest BCUT2D eigenvalue weighted by atomic mass is 10.1. The summed E-state index contributed by atoms with van der Waals surface area (Å²) >= 11 is 0. The molecule has 1 aromatic carbocycles. The first-order chi connectivity index (χ1) is 7.75. The van der Waals surface area contributed by atoms with Gasteiger partial charge in [-0.1, -0.05) is 0 Å². The predicted octanol–water partition coefficient (Wildman–Crippen LogP) is 2.66. The first kappa shape index (κ1) is 11.4. The van der Waals surface area contributed by atoms with Crippen LogP contribution in [0, 0.1) is 12.7 Å². The van der Waals surface area contributed by atoms with Gasteiger partial charge in [0.2, 0.25) is 0 Å². The normalized spacial score (nSPS) is 21.5. The molecule has 1 heterocycles. The Hall–Kier alpha value is -1.09. The van der Waals surface area contributed by atoms with Gasteiger partial charge in [0.1, 0.15) is 11.6 Å². The maximum Gasteiger partial charge on any atom is 0.126 e. The van der Waals surface area contributed by atoms with Crippen LogP contribution in [-0.4, -0.2) is 19.2 Å². The molecule has 1 N–H and O–H groups in total. The maximum absolute atomic E-state index is 13.1. The first-order valence-electron chi connectivity index (χ1n) is 5.89. The SMILES string of the molecule is Cc1cc(OC2CCCNCC2)ccc1F. The third-order valence-electron chi connectivity index (χ3n) is 2.95. The summed E-state index contributed by atoms with van der Waals surface area (Å²) in [6.07, 6.45) is 3.50. The molecule has 1 saturated heterocycles. The monoisotopic (exact) mass is 223 g/mol. The molecule has 0 aliphatic carbocycles. The zero-order valence-electron chi connectivity index (χ0n) is 9.63. The second-order valence-electron chi connectivity index (χ2n) is 4.33. The topological polar surface area (TPSA) is 21.3 Å². The van der Waals surface area contributed by atoms with E-state index < -0.39 is 0 Å². The van der Waals surface area contributed by atoms with Crippen LogP contribution in [0.2, 0.25) is 0 Å². The van der Waals surface area contributed by atoms with E-state index in [0.717, 1.165) is 38.1 Å². The Morgan fingerprint density at radius 3 is 3.00 bits per heavy atom. The van der Waals surface area contributed by atoms with Crippen molar-refractivity contribution < 1.29 is 9.13 Å². The summed E-state index contributed by atoms with van der Waals surface area (Å²) in [5, 5.41) is 3.34. The van der Waals surface area contributed by atoms with Gasteiger partial charge in [-0.15, -0.1) is 0 Å². The summed E-state index contributed by atoms with van der Waals surface area (Å²) in [6, 6.07) is 4.95. The standard InChI is InChI=1S/C13H18FNO/c1-10-9-12(4-5-13(10)14)16-11-3-2-7-15-8-6-11/h4-5,9,11,15H,2-3,6-8H2,1H3. The number of halogens is 1. The molecule has 0 aromatic heterocycles. The largest absolute Gasteiger partial charge is 0.490 e. The molecule has 0 bridgehead atoms. The third-order valence-corrected chi connectivity index (χ3v) is 2.95. The molecule has 0 saturated carbocycles. The van der Waals surface area contributed by atoms with Crippen LogP contribution in [0.5, 0.6) is 5.75 Å². The van der Waals surface area contributed by atoms with Crippen molar-refractivity contribution in [1.82, 2.24) is 5.32 Å². The first-order valence-corrected chi connectivity index (χ1v) is 5.89. The molecule has 3 heteroatoms. The van der Waals surface area contributed by atoms with Crippen LogP contribution in [0.1, 0.15) is 24.8 Å². The van der Waals surface area contributed by atoms with Gasteiger partial charge in [0.25, 0.3) is 0 Å². The van der Waals surface area contributed by atoms with E-state index in [9.17, 15) is 4.39 Å². The van der Waals surface area contributed by atoms with Gasteiger partial charge in [-0.3, -0.25) is 0 Å². The number of benzene rings is 1. The highest BCUT2D eigenvalue weighted by Crippen LogP contribution is 2.20. The van der Waals surface area contributed by atoms with E-state index in [-0.39, 0.29) is 11.9 Å². The predicted molar refractivity (Wildman–Crippen MR) is 62.3 cm³/mol. The molecule has 16 heavy (non-hydrogen) atoms. The molecular weight excluding hydrogens is 205 g/mol. The lowest BCUT2D eigenvalue weighted by Crippen LogP contribution is -2.19. The Balaban J connectivity index is 1.99. The smallest absolute Gasteiger partial charge is 0.126 e. The molecule has 1 atom stereocenters. The second-order valence-corrected chi connectivity index (χ2v) is 4.33. The van der Waals surface area contributed by atoms with Gasteiger partial charge < -0.3 is 10.1 Å². The van der Waals surface area contributed by atoms with Gasteiger partial charge in [0.05, 0.1) is 6.10 Å². The summed E-state index contributed by atoms with van der Waals surface area (Å²) in [7, 11) is 0. The van der Waals surface area contributed by atoms with Crippen LogP contribution in [-0.2, 0) is 0 Å². The summed E-state index contributed by atoms with van der Waals surface area (Å²) in [5.74, 6) is 0.612. The van der Waals surface area contributed by atoms with Crippen molar-refractivity contribution in [2.75, 3.05) is 13.1 Å². The Labute approximate surface area is 95.8 Å². The molecule has 0 amide bonds. The number of rotatable bonds is 2. The molecule has 0 radical (unpaired) electrons. The quantitative estimate of drug-likeness (QED) is 0.832. The molecule has 1 fully saturated rings. The fourth-order valence-corrected chi connectivity index (χ4v) is 1.99. The molecule has 1 aliphatic heterocycles. The van der Waals surface area contributed by atoms with Crippen molar-refractivity contribution in [1.29, 1.82) is 0 Å². The number of nitrogens with one attached hydrogen (secondary N) is 1. The molecular formula is C13H18FNO. The van der Waals surface area contributed by atoms with Gasteiger partial charge in [-0.25, -0.2) is 4.39 Å². The van der Waals surface area contributed by atoms with Crippen LogP contribution >= 0.6 is 0 Å². The molecule has 0 spiro atoms. The van der Waals surface area contributed by atoms with E-state index in [2.05, 4.69) is 5.32 Å². The van der Waals surface area contributed by atoms with Crippen molar-refractivity contribution in [2.45, 2.75) is 32.3 Å². The molecule has 1 aliphatic rings. The van der Waals surface area contributed by atoms with Crippen LogP contribution in [0.15, 0.2) is 18.2 Å². The van der Waals surface area contributed by atoms with E-state index in [4.69, 9.17) is 4.74 Å². The number of ether oxygens (including phenoxy) is 1. The fraction of sp³-hybridized carbons (Fsp3) is 0.538. The fourth-order valence-electron chi connectivity index (χ4n) is 1.99. The van der Waals surface area contributed by atoms with Gasteiger partial charge in [-0.2, -0.15) is 0 Å². The zero-order valence-corrected chi connectivity index (χ0v) is 9.63. The third kappa shape index (κ3) is 2.95. The zero-order chi connectivity index (χ0) is 11.4. The lowest BCUT2D eigenvalue weighted by molar-refractivity contribution is 0.187. The maximum atomic E-state index is 13.1. The molecule has 2 nitrogen and oxygen atoms in total. The number of hydrogen-bond acceptors (Lipinski definition) is 2. The summed E-state index contributed by atoms with van der Waals surface area (Å²) in [5.41, 5.74) is 0.643. The van der Waals surface area contributed by atoms with E-state index in [1.807, 2.05) is 0 Å².